The number of fused-ring (bicyclic) bond motifs is 9. The van der Waals surface area contributed by atoms with E-state index in [0.717, 1.165) is 60.2 Å². The lowest BCUT2D eigenvalue weighted by atomic mass is 9.99. The van der Waals surface area contributed by atoms with Crippen molar-refractivity contribution in [3.63, 3.8) is 0 Å². The molecule has 0 amide bonds. The van der Waals surface area contributed by atoms with E-state index < -0.39 is 0 Å². The number of rotatable bonds is 4. The standard InChI is InChI=1S/C51H30N4S/c1-3-12-33-26-38(22-20-31(33)10-1)49-52-50(39-23-21-32-11-2-4-13-34(32)27-39)54-51(53-49)55-45-30-36-15-6-5-14-35(36)28-43(45)42-18-9-17-40(48(42)55)37-24-25-47-44(29-37)41-16-7-8-19-46(41)56-47/h1-30H. The molecule has 9 aromatic carbocycles. The molecule has 0 fully saturated rings. The molecule has 56 heavy (non-hydrogen) atoms. The molecule has 0 spiro atoms. The van der Waals surface area contributed by atoms with E-state index in [9.17, 15) is 0 Å². The molecule has 0 bridgehead atoms. The molecule has 12 aromatic rings. The Kier molecular flexibility index (Phi) is 6.76. The average Bonchev–Trinajstić information content (AvgIpc) is 3.80. The van der Waals surface area contributed by atoms with E-state index in [4.69, 9.17) is 15.0 Å². The lowest BCUT2D eigenvalue weighted by Gasteiger charge is -2.14. The van der Waals surface area contributed by atoms with Gasteiger partial charge in [-0.2, -0.15) is 9.97 Å². The minimum atomic E-state index is 0.580. The maximum absolute atomic E-state index is 5.38. The molecule has 260 valence electrons. The zero-order valence-electron chi connectivity index (χ0n) is 30.0. The maximum atomic E-state index is 5.38. The van der Waals surface area contributed by atoms with Gasteiger partial charge < -0.3 is 0 Å². The van der Waals surface area contributed by atoms with E-state index in [2.05, 4.69) is 187 Å². The molecule has 0 radical (unpaired) electrons. The summed E-state index contributed by atoms with van der Waals surface area (Å²) in [5.41, 5.74) is 6.27. The Morgan fingerprint density at radius 3 is 1.61 bits per heavy atom. The summed E-state index contributed by atoms with van der Waals surface area (Å²) < 4.78 is 4.86. The molecule has 3 heterocycles. The Labute approximate surface area is 325 Å². The Balaban J connectivity index is 1.19. The highest BCUT2D eigenvalue weighted by Gasteiger charge is 2.22. The monoisotopic (exact) mass is 730 g/mol. The number of nitrogens with zero attached hydrogens (tertiary/aromatic N) is 4. The first-order valence-electron chi connectivity index (χ1n) is 18.8. The summed E-state index contributed by atoms with van der Waals surface area (Å²) >= 11 is 1.84. The molecule has 5 heteroatoms. The van der Waals surface area contributed by atoms with E-state index in [0.29, 0.717) is 17.6 Å². The summed E-state index contributed by atoms with van der Waals surface area (Å²) in [6, 6.07) is 65.2. The molecule has 0 N–H and O–H groups in total. The molecule has 0 aliphatic rings. The molecule has 0 saturated heterocycles. The molecule has 0 aliphatic carbocycles. The molecule has 4 nitrogen and oxygen atoms in total. The van der Waals surface area contributed by atoms with Gasteiger partial charge in [0.1, 0.15) is 0 Å². The zero-order chi connectivity index (χ0) is 36.7. The SMILES string of the molecule is c1ccc2cc(-c3nc(-c4ccc5ccccc5c4)nc(-n4c5cc6ccccc6cc5c5cccc(-c6ccc7sc8ccccc8c7c6)c54)n3)ccc2c1. The highest BCUT2D eigenvalue weighted by atomic mass is 32.1. The Bertz CT molecular complexity index is 3460. The largest absolute Gasteiger partial charge is 0.277 e. The molecule has 0 saturated carbocycles. The van der Waals surface area contributed by atoms with Crippen LogP contribution in [0, 0.1) is 0 Å². The number of thiophene rings is 1. The van der Waals surface area contributed by atoms with Crippen molar-refractivity contribution in [1.82, 2.24) is 19.5 Å². The van der Waals surface area contributed by atoms with Gasteiger partial charge in [0, 0.05) is 47.6 Å². The van der Waals surface area contributed by atoms with Gasteiger partial charge in [0.05, 0.1) is 11.0 Å². The second-order valence-corrected chi connectivity index (χ2v) is 15.6. The normalized spacial score (nSPS) is 11.9. The fourth-order valence-corrected chi connectivity index (χ4v) is 9.55. The third-order valence-electron chi connectivity index (χ3n) is 11.2. The lowest BCUT2D eigenvalue weighted by Crippen LogP contribution is -2.07. The highest BCUT2D eigenvalue weighted by molar-refractivity contribution is 7.25. The summed E-state index contributed by atoms with van der Waals surface area (Å²) in [6.07, 6.45) is 0. The number of aromatic nitrogens is 4. The summed E-state index contributed by atoms with van der Waals surface area (Å²) in [5, 5.41) is 11.8. The van der Waals surface area contributed by atoms with Gasteiger partial charge in [-0.05, 0) is 80.3 Å². The van der Waals surface area contributed by atoms with Crippen molar-refractivity contribution in [2.75, 3.05) is 0 Å². The van der Waals surface area contributed by atoms with Gasteiger partial charge in [0.25, 0.3) is 0 Å². The predicted octanol–water partition coefficient (Wildman–Crippen LogP) is 13.8. The summed E-state index contributed by atoms with van der Waals surface area (Å²) in [7, 11) is 0. The van der Waals surface area contributed by atoms with Crippen molar-refractivity contribution in [1.29, 1.82) is 0 Å². The van der Waals surface area contributed by atoms with E-state index >= 15 is 0 Å². The van der Waals surface area contributed by atoms with Crippen LogP contribution in [0.1, 0.15) is 0 Å². The van der Waals surface area contributed by atoms with Crippen LogP contribution in [0.2, 0.25) is 0 Å². The molecular formula is C51H30N4S. The van der Waals surface area contributed by atoms with Crippen LogP contribution in [0.4, 0.5) is 0 Å². The molecule has 0 atom stereocenters. The van der Waals surface area contributed by atoms with Gasteiger partial charge in [-0.3, -0.25) is 4.57 Å². The fraction of sp³-hybridized carbons (Fsp3) is 0. The molecule has 3 aromatic heterocycles. The van der Waals surface area contributed by atoms with E-state index in [1.165, 1.54) is 36.3 Å². The van der Waals surface area contributed by atoms with E-state index in [-0.39, 0.29) is 0 Å². The minimum Gasteiger partial charge on any atom is -0.277 e. The first-order valence-corrected chi connectivity index (χ1v) is 19.7. The number of benzene rings is 9. The van der Waals surface area contributed by atoms with Gasteiger partial charge in [0.2, 0.25) is 5.95 Å². The molecule has 12 rings (SSSR count). The van der Waals surface area contributed by atoms with Crippen LogP contribution in [-0.2, 0) is 0 Å². The van der Waals surface area contributed by atoms with Crippen molar-refractivity contribution in [3.05, 3.63) is 182 Å². The van der Waals surface area contributed by atoms with Crippen molar-refractivity contribution in [3.8, 4) is 39.9 Å². The van der Waals surface area contributed by atoms with Gasteiger partial charge in [-0.25, -0.2) is 4.98 Å². The van der Waals surface area contributed by atoms with Crippen LogP contribution in [0.5, 0.6) is 0 Å². The minimum absolute atomic E-state index is 0.580. The van der Waals surface area contributed by atoms with Crippen LogP contribution in [0.3, 0.4) is 0 Å². The van der Waals surface area contributed by atoms with Crippen LogP contribution in [-0.4, -0.2) is 19.5 Å². The van der Waals surface area contributed by atoms with Crippen LogP contribution < -0.4 is 0 Å². The molecular weight excluding hydrogens is 701 g/mol. The second kappa shape index (κ2) is 12.2. The zero-order valence-corrected chi connectivity index (χ0v) is 30.8. The molecule has 0 aliphatic heterocycles. The fourth-order valence-electron chi connectivity index (χ4n) is 8.47. The van der Waals surface area contributed by atoms with Crippen molar-refractivity contribution < 1.29 is 0 Å². The van der Waals surface area contributed by atoms with E-state index in [1.807, 2.05) is 11.3 Å². The number of hydrogen-bond acceptors (Lipinski definition) is 4. The maximum Gasteiger partial charge on any atom is 0.238 e. The summed E-state index contributed by atoms with van der Waals surface area (Å²) in [4.78, 5) is 16.0. The Hall–Kier alpha value is -7.21. The number of hydrogen-bond donors (Lipinski definition) is 0. The molecule has 0 unspecified atom stereocenters. The van der Waals surface area contributed by atoms with Gasteiger partial charge >= 0.3 is 0 Å². The Morgan fingerprint density at radius 1 is 0.357 bits per heavy atom. The van der Waals surface area contributed by atoms with Crippen LogP contribution in [0.15, 0.2) is 182 Å². The highest BCUT2D eigenvalue weighted by Crippen LogP contribution is 2.42. The lowest BCUT2D eigenvalue weighted by molar-refractivity contribution is 0.954. The number of para-hydroxylation sites is 1. The van der Waals surface area contributed by atoms with Gasteiger partial charge in [-0.1, -0.05) is 140 Å². The van der Waals surface area contributed by atoms with Crippen molar-refractivity contribution in [2.24, 2.45) is 0 Å². The topological polar surface area (TPSA) is 43.6 Å². The van der Waals surface area contributed by atoms with Gasteiger partial charge in [-0.15, -0.1) is 11.3 Å². The smallest absolute Gasteiger partial charge is 0.238 e. The van der Waals surface area contributed by atoms with Crippen molar-refractivity contribution >= 4 is 85.6 Å². The Morgan fingerprint density at radius 2 is 0.911 bits per heavy atom. The summed E-state index contributed by atoms with van der Waals surface area (Å²) in [5.74, 6) is 1.84. The van der Waals surface area contributed by atoms with Crippen molar-refractivity contribution in [2.45, 2.75) is 0 Å². The average molecular weight is 731 g/mol. The van der Waals surface area contributed by atoms with E-state index in [1.54, 1.807) is 0 Å². The quantitative estimate of drug-likeness (QED) is 0.181. The predicted molar refractivity (Wildman–Crippen MR) is 236 cm³/mol. The second-order valence-electron chi connectivity index (χ2n) is 14.5. The van der Waals surface area contributed by atoms with Crippen LogP contribution in [0.25, 0.3) is 114 Å². The van der Waals surface area contributed by atoms with Gasteiger partial charge in [0.15, 0.2) is 11.6 Å². The first-order chi connectivity index (χ1) is 27.7. The summed E-state index contributed by atoms with van der Waals surface area (Å²) in [6.45, 7) is 0. The van der Waals surface area contributed by atoms with Crippen LogP contribution >= 0.6 is 11.3 Å². The first kappa shape index (κ1) is 31.2. The third kappa shape index (κ3) is 4.88. The third-order valence-corrected chi connectivity index (χ3v) is 12.3.